The molecule has 0 aliphatic heterocycles. The molecule has 2 aromatic carbocycles. The molecule has 3 rings (SSSR count). The smallest absolute Gasteiger partial charge is 0.270 e. The molecule has 0 fully saturated rings. The standard InChI is InChI=1S/C18H14ClN5O5/c19-13-4-2-1-3-11(13)17(26)20-8-7-15(25)22-23-16-12-9-10(24(28)29)5-6-14(12)21-18(16)27/h1-6,9,21,27H,7-8H2,(H,20,26). The van der Waals surface area contributed by atoms with E-state index in [9.17, 15) is 24.8 Å². The lowest BCUT2D eigenvalue weighted by Crippen LogP contribution is -2.25. The number of nitro benzene ring substituents is 1. The highest BCUT2D eigenvalue weighted by Crippen LogP contribution is 2.37. The van der Waals surface area contributed by atoms with Gasteiger partial charge in [0.25, 0.3) is 17.5 Å². The first-order valence-corrected chi connectivity index (χ1v) is 8.71. The first-order chi connectivity index (χ1) is 13.9. The first kappa shape index (κ1) is 20.0. The zero-order valence-electron chi connectivity index (χ0n) is 14.8. The molecule has 2 amide bonds. The molecule has 10 nitrogen and oxygen atoms in total. The van der Waals surface area contributed by atoms with Crippen LogP contribution < -0.4 is 5.32 Å². The van der Waals surface area contributed by atoms with E-state index in [1.165, 1.54) is 18.2 Å². The van der Waals surface area contributed by atoms with Crippen molar-refractivity contribution in [3.63, 3.8) is 0 Å². The van der Waals surface area contributed by atoms with E-state index in [1.54, 1.807) is 24.3 Å². The fourth-order valence-corrected chi connectivity index (χ4v) is 2.77. The molecule has 148 valence electrons. The van der Waals surface area contributed by atoms with Crippen LogP contribution in [0.5, 0.6) is 5.88 Å². The summed E-state index contributed by atoms with van der Waals surface area (Å²) in [5, 5.41) is 31.1. The number of amides is 2. The van der Waals surface area contributed by atoms with Crippen molar-refractivity contribution >= 4 is 45.7 Å². The molecule has 0 saturated heterocycles. The van der Waals surface area contributed by atoms with Gasteiger partial charge >= 0.3 is 0 Å². The lowest BCUT2D eigenvalue weighted by molar-refractivity contribution is -0.384. The Morgan fingerprint density at radius 1 is 1.24 bits per heavy atom. The molecule has 3 aromatic rings. The van der Waals surface area contributed by atoms with E-state index < -0.39 is 16.7 Å². The van der Waals surface area contributed by atoms with Crippen molar-refractivity contribution < 1.29 is 19.6 Å². The van der Waals surface area contributed by atoms with Gasteiger partial charge in [-0.15, -0.1) is 10.2 Å². The first-order valence-electron chi connectivity index (χ1n) is 8.33. The second kappa shape index (κ2) is 8.48. The summed E-state index contributed by atoms with van der Waals surface area (Å²) in [4.78, 5) is 36.8. The number of H-pyrrole nitrogens is 1. The Morgan fingerprint density at radius 2 is 2.00 bits per heavy atom. The number of carbonyl (C=O) groups excluding carboxylic acids is 2. The summed E-state index contributed by atoms with van der Waals surface area (Å²) in [7, 11) is 0. The number of aromatic nitrogens is 1. The number of fused-ring (bicyclic) bond motifs is 1. The normalized spacial score (nSPS) is 11.1. The van der Waals surface area contributed by atoms with Crippen LogP contribution in [0.25, 0.3) is 10.9 Å². The predicted molar refractivity (Wildman–Crippen MR) is 105 cm³/mol. The third-order valence-corrected chi connectivity index (χ3v) is 4.28. The maximum absolute atomic E-state index is 12.0. The Bertz CT molecular complexity index is 1140. The van der Waals surface area contributed by atoms with Crippen molar-refractivity contribution in [1.82, 2.24) is 10.3 Å². The Morgan fingerprint density at radius 3 is 2.72 bits per heavy atom. The van der Waals surface area contributed by atoms with Crippen LogP contribution in [0.3, 0.4) is 0 Å². The van der Waals surface area contributed by atoms with Gasteiger partial charge in [-0.1, -0.05) is 23.7 Å². The minimum absolute atomic E-state index is 0.00719. The largest absolute Gasteiger partial charge is 0.493 e. The van der Waals surface area contributed by atoms with E-state index in [0.717, 1.165) is 0 Å². The van der Waals surface area contributed by atoms with Crippen molar-refractivity contribution in [2.75, 3.05) is 6.54 Å². The van der Waals surface area contributed by atoms with Crippen molar-refractivity contribution in [3.8, 4) is 5.88 Å². The number of halogens is 1. The molecule has 0 aliphatic carbocycles. The van der Waals surface area contributed by atoms with Gasteiger partial charge in [-0.25, -0.2) is 0 Å². The highest BCUT2D eigenvalue weighted by molar-refractivity contribution is 6.33. The van der Waals surface area contributed by atoms with E-state index in [-0.39, 0.29) is 41.2 Å². The topological polar surface area (TPSA) is 150 Å². The average Bonchev–Trinajstić information content (AvgIpc) is 3.00. The molecular weight excluding hydrogens is 402 g/mol. The van der Waals surface area contributed by atoms with Crippen LogP contribution in [0.4, 0.5) is 11.4 Å². The van der Waals surface area contributed by atoms with Crippen LogP contribution in [0.15, 0.2) is 52.7 Å². The number of aromatic amines is 1. The van der Waals surface area contributed by atoms with Gasteiger partial charge in [0, 0.05) is 30.5 Å². The fraction of sp³-hybridized carbons (Fsp3) is 0.111. The molecule has 0 radical (unpaired) electrons. The molecule has 0 saturated carbocycles. The molecular formula is C18H14ClN5O5. The number of carbonyl (C=O) groups is 2. The van der Waals surface area contributed by atoms with E-state index in [0.29, 0.717) is 10.5 Å². The molecule has 1 aromatic heterocycles. The summed E-state index contributed by atoms with van der Waals surface area (Å²) in [5.41, 5.74) is 0.411. The zero-order valence-corrected chi connectivity index (χ0v) is 15.5. The molecule has 11 heteroatoms. The van der Waals surface area contributed by atoms with Crippen molar-refractivity contribution in [2.24, 2.45) is 10.2 Å². The molecule has 0 unspecified atom stereocenters. The molecule has 3 N–H and O–H groups in total. The number of nitrogens with one attached hydrogen (secondary N) is 2. The minimum atomic E-state index is -0.649. The Labute approximate surface area is 168 Å². The molecule has 0 atom stereocenters. The summed E-state index contributed by atoms with van der Waals surface area (Å²) in [6, 6.07) is 10.4. The quantitative estimate of drug-likeness (QED) is 0.317. The van der Waals surface area contributed by atoms with E-state index in [2.05, 4.69) is 20.5 Å². The van der Waals surface area contributed by atoms with Gasteiger partial charge in [0.05, 0.1) is 21.0 Å². The average molecular weight is 416 g/mol. The second-order valence-corrected chi connectivity index (χ2v) is 6.30. The van der Waals surface area contributed by atoms with Crippen molar-refractivity contribution in [2.45, 2.75) is 6.42 Å². The number of rotatable bonds is 6. The molecule has 0 bridgehead atoms. The maximum atomic E-state index is 12.0. The summed E-state index contributed by atoms with van der Waals surface area (Å²) in [6.07, 6.45) is -0.136. The van der Waals surface area contributed by atoms with Gasteiger partial charge in [0.1, 0.15) is 0 Å². The highest BCUT2D eigenvalue weighted by atomic mass is 35.5. The van der Waals surface area contributed by atoms with E-state index in [1.807, 2.05) is 0 Å². The number of azo groups is 1. The van der Waals surface area contributed by atoms with E-state index >= 15 is 0 Å². The number of nitrogens with zero attached hydrogens (tertiary/aromatic N) is 3. The zero-order chi connectivity index (χ0) is 21.0. The third-order valence-electron chi connectivity index (χ3n) is 3.95. The Balaban J connectivity index is 1.64. The van der Waals surface area contributed by atoms with Crippen LogP contribution in [-0.2, 0) is 4.79 Å². The predicted octanol–water partition coefficient (Wildman–Crippen LogP) is 3.87. The summed E-state index contributed by atoms with van der Waals surface area (Å²) in [6.45, 7) is 0.00719. The minimum Gasteiger partial charge on any atom is -0.493 e. The molecule has 0 spiro atoms. The summed E-state index contributed by atoms with van der Waals surface area (Å²) < 4.78 is 0. The van der Waals surface area contributed by atoms with E-state index in [4.69, 9.17) is 11.6 Å². The van der Waals surface area contributed by atoms with Crippen LogP contribution in [-0.4, -0.2) is 33.4 Å². The van der Waals surface area contributed by atoms with Crippen LogP contribution in [0.1, 0.15) is 16.8 Å². The maximum Gasteiger partial charge on any atom is 0.270 e. The number of hydrogen-bond donors (Lipinski definition) is 3. The highest BCUT2D eigenvalue weighted by Gasteiger charge is 2.15. The van der Waals surface area contributed by atoms with Gasteiger partial charge in [-0.3, -0.25) is 19.7 Å². The number of aromatic hydroxyl groups is 1. The Hall–Kier alpha value is -3.79. The lowest BCUT2D eigenvalue weighted by Gasteiger charge is -2.04. The number of hydrogen-bond acceptors (Lipinski definition) is 6. The van der Waals surface area contributed by atoms with Gasteiger partial charge in [-0.2, -0.15) is 0 Å². The molecule has 29 heavy (non-hydrogen) atoms. The van der Waals surface area contributed by atoms with Gasteiger partial charge in [0.15, 0.2) is 5.69 Å². The Kier molecular flexibility index (Phi) is 5.84. The number of nitro groups is 1. The SMILES string of the molecule is O=C(CCNC(=O)c1ccccc1Cl)N=Nc1c(O)[nH]c2ccc([N+](=O)[O-])cc12. The number of benzene rings is 2. The monoisotopic (exact) mass is 415 g/mol. The second-order valence-electron chi connectivity index (χ2n) is 5.89. The number of non-ortho nitro benzene ring substituents is 1. The fourth-order valence-electron chi connectivity index (χ4n) is 2.55. The molecule has 1 heterocycles. The summed E-state index contributed by atoms with van der Waals surface area (Å²) in [5.74, 6) is -1.45. The van der Waals surface area contributed by atoms with Gasteiger partial charge in [0.2, 0.25) is 5.88 Å². The third kappa shape index (κ3) is 4.55. The lowest BCUT2D eigenvalue weighted by atomic mass is 10.2. The summed E-state index contributed by atoms with van der Waals surface area (Å²) >= 11 is 5.93. The van der Waals surface area contributed by atoms with Crippen LogP contribution in [0, 0.1) is 10.1 Å². The van der Waals surface area contributed by atoms with Gasteiger partial charge in [-0.05, 0) is 18.2 Å². The van der Waals surface area contributed by atoms with Crippen molar-refractivity contribution in [3.05, 3.63) is 63.2 Å². The van der Waals surface area contributed by atoms with Crippen LogP contribution in [0.2, 0.25) is 5.02 Å². The van der Waals surface area contributed by atoms with Gasteiger partial charge < -0.3 is 15.4 Å². The molecule has 0 aliphatic rings. The van der Waals surface area contributed by atoms with Crippen LogP contribution >= 0.6 is 11.6 Å². The van der Waals surface area contributed by atoms with Crippen molar-refractivity contribution in [1.29, 1.82) is 0 Å².